The van der Waals surface area contributed by atoms with Crippen molar-refractivity contribution in [1.29, 1.82) is 0 Å². The molecule has 0 aromatic heterocycles. The first-order valence-corrected chi connectivity index (χ1v) is 4.40. The van der Waals surface area contributed by atoms with E-state index in [0.717, 1.165) is 0 Å². The van der Waals surface area contributed by atoms with Crippen LogP contribution in [0.5, 0.6) is 0 Å². The molecule has 0 aromatic carbocycles. The largest absolute Gasteiger partial charge is 0.481 e. The number of amides is 1. The Bertz CT molecular complexity index is 288. The van der Waals surface area contributed by atoms with Crippen LogP contribution in [0.25, 0.3) is 0 Å². The lowest BCUT2D eigenvalue weighted by atomic mass is 10.1. The van der Waals surface area contributed by atoms with E-state index in [0.29, 0.717) is 0 Å². The monoisotopic (exact) mass is 231 g/mol. The molecule has 0 rings (SSSR count). The van der Waals surface area contributed by atoms with Gasteiger partial charge in [-0.1, -0.05) is 12.7 Å². The molecule has 0 heterocycles. The van der Waals surface area contributed by atoms with Gasteiger partial charge in [-0.05, 0) is 0 Å². The molecule has 0 bridgehead atoms. The summed E-state index contributed by atoms with van der Waals surface area (Å²) >= 11 is 0. The van der Waals surface area contributed by atoms with Crippen molar-refractivity contribution in [3.05, 3.63) is 12.7 Å². The molecule has 0 aliphatic carbocycles. The molecule has 0 fully saturated rings. The van der Waals surface area contributed by atoms with Crippen LogP contribution in [0.1, 0.15) is 6.42 Å². The number of rotatable bonds is 7. The van der Waals surface area contributed by atoms with Crippen molar-refractivity contribution in [2.75, 3.05) is 13.2 Å². The Hall–Kier alpha value is -1.89. The van der Waals surface area contributed by atoms with Gasteiger partial charge in [-0.25, -0.2) is 4.79 Å². The highest BCUT2D eigenvalue weighted by Crippen LogP contribution is 1.95. The minimum atomic E-state index is -1.29. The number of carboxylic acid groups (broad SMARTS) is 1. The van der Waals surface area contributed by atoms with Gasteiger partial charge in [-0.2, -0.15) is 0 Å². The maximum atomic E-state index is 11.1. The Morgan fingerprint density at radius 2 is 2.06 bits per heavy atom. The quantitative estimate of drug-likeness (QED) is 0.499. The van der Waals surface area contributed by atoms with Crippen molar-refractivity contribution in [3.8, 4) is 0 Å². The predicted molar refractivity (Wildman–Crippen MR) is 52.8 cm³/mol. The van der Waals surface area contributed by atoms with Crippen LogP contribution in [0.3, 0.4) is 0 Å². The van der Waals surface area contributed by atoms with E-state index in [9.17, 15) is 14.4 Å². The third kappa shape index (κ3) is 5.76. The number of carbonyl (C=O) groups is 3. The van der Waals surface area contributed by atoms with Crippen molar-refractivity contribution in [2.45, 2.75) is 12.5 Å². The number of hydrogen-bond donors (Lipinski definition) is 3. The first kappa shape index (κ1) is 14.1. The first-order valence-electron chi connectivity index (χ1n) is 4.40. The van der Waals surface area contributed by atoms with E-state index in [1.54, 1.807) is 0 Å². The Labute approximate surface area is 91.7 Å². The number of carboxylic acids is 1. The van der Waals surface area contributed by atoms with Gasteiger partial charge < -0.3 is 20.3 Å². The van der Waals surface area contributed by atoms with Crippen LogP contribution < -0.4 is 5.32 Å². The molecule has 1 unspecified atom stereocenters. The molecule has 16 heavy (non-hydrogen) atoms. The number of nitrogens with one attached hydrogen (secondary N) is 1. The summed E-state index contributed by atoms with van der Waals surface area (Å²) in [5, 5.41) is 19.1. The third-order valence-corrected chi connectivity index (χ3v) is 1.55. The minimum Gasteiger partial charge on any atom is -0.481 e. The minimum absolute atomic E-state index is 0.0566. The molecule has 3 N–H and O–H groups in total. The fraction of sp³-hybridized carbons (Fsp3) is 0.444. The van der Waals surface area contributed by atoms with Crippen molar-refractivity contribution in [2.24, 2.45) is 0 Å². The number of ether oxygens (including phenoxy) is 1. The van der Waals surface area contributed by atoms with Gasteiger partial charge in [0.05, 0.1) is 6.42 Å². The highest BCUT2D eigenvalue weighted by Gasteiger charge is 2.23. The molecular weight excluding hydrogens is 218 g/mol. The zero-order chi connectivity index (χ0) is 12.6. The van der Waals surface area contributed by atoms with Gasteiger partial charge in [0, 0.05) is 0 Å². The smallest absolute Gasteiger partial charge is 0.408 e. The van der Waals surface area contributed by atoms with Crippen molar-refractivity contribution in [3.63, 3.8) is 0 Å². The molecule has 0 saturated carbocycles. The maximum absolute atomic E-state index is 11.1. The van der Waals surface area contributed by atoms with Gasteiger partial charge in [-0.15, -0.1) is 0 Å². The topological polar surface area (TPSA) is 113 Å². The predicted octanol–water partition coefficient (Wildman–Crippen LogP) is -0.697. The molecule has 0 aliphatic rings. The van der Waals surface area contributed by atoms with Gasteiger partial charge in [0.1, 0.15) is 19.3 Å². The summed E-state index contributed by atoms with van der Waals surface area (Å²) in [5.74, 6) is -2.06. The fourth-order valence-electron chi connectivity index (χ4n) is 0.849. The Kier molecular flexibility index (Phi) is 6.53. The van der Waals surface area contributed by atoms with Crippen molar-refractivity contribution >= 4 is 17.8 Å². The summed E-state index contributed by atoms with van der Waals surface area (Å²) in [4.78, 5) is 32.4. The summed E-state index contributed by atoms with van der Waals surface area (Å²) in [6.07, 6.45) is -0.227. The number of aliphatic carboxylic acids is 1. The zero-order valence-electron chi connectivity index (χ0n) is 8.51. The number of hydrogen-bond acceptors (Lipinski definition) is 5. The van der Waals surface area contributed by atoms with Crippen LogP contribution in [0, 0.1) is 0 Å². The molecule has 1 amide bonds. The third-order valence-electron chi connectivity index (χ3n) is 1.55. The summed E-state index contributed by atoms with van der Waals surface area (Å²) < 4.78 is 4.50. The first-order chi connectivity index (χ1) is 7.51. The van der Waals surface area contributed by atoms with Gasteiger partial charge in [0.25, 0.3) is 0 Å². The molecule has 0 saturated heterocycles. The lowest BCUT2D eigenvalue weighted by Gasteiger charge is -2.13. The highest BCUT2D eigenvalue weighted by atomic mass is 16.5. The second-order valence-corrected chi connectivity index (χ2v) is 2.81. The number of ketones is 1. The van der Waals surface area contributed by atoms with E-state index in [4.69, 9.17) is 10.2 Å². The maximum Gasteiger partial charge on any atom is 0.408 e. The number of Topliss-reactive ketones (excluding diaryl/α,β-unsaturated/α-hetero) is 1. The molecule has 90 valence electrons. The van der Waals surface area contributed by atoms with Gasteiger partial charge in [-0.3, -0.25) is 9.59 Å². The normalized spacial score (nSPS) is 11.3. The molecule has 0 spiro atoms. The van der Waals surface area contributed by atoms with Gasteiger partial charge in [0.15, 0.2) is 5.78 Å². The van der Waals surface area contributed by atoms with Gasteiger partial charge >= 0.3 is 12.1 Å². The van der Waals surface area contributed by atoms with E-state index in [1.165, 1.54) is 6.08 Å². The van der Waals surface area contributed by atoms with E-state index >= 15 is 0 Å². The molecule has 7 heteroatoms. The highest BCUT2D eigenvalue weighted by molar-refractivity contribution is 5.91. The van der Waals surface area contributed by atoms with Crippen molar-refractivity contribution < 1.29 is 29.3 Å². The Morgan fingerprint density at radius 3 is 2.50 bits per heavy atom. The molecule has 0 aliphatic heterocycles. The van der Waals surface area contributed by atoms with E-state index in [1.807, 2.05) is 5.32 Å². The zero-order valence-corrected chi connectivity index (χ0v) is 8.51. The lowest BCUT2D eigenvalue weighted by molar-refractivity contribution is -0.139. The second-order valence-electron chi connectivity index (χ2n) is 2.81. The molecule has 7 nitrogen and oxygen atoms in total. The fourth-order valence-corrected chi connectivity index (χ4v) is 0.849. The van der Waals surface area contributed by atoms with E-state index in [-0.39, 0.29) is 6.61 Å². The summed E-state index contributed by atoms with van der Waals surface area (Å²) in [7, 11) is 0. The number of aliphatic hydroxyl groups is 1. The SMILES string of the molecule is C=CCOC(=O)NC(CC(=O)O)C(=O)CO. The average molecular weight is 231 g/mol. The molecule has 0 aromatic rings. The Balaban J connectivity index is 4.30. The van der Waals surface area contributed by atoms with Crippen LogP contribution in [-0.2, 0) is 14.3 Å². The number of aliphatic hydroxyl groups excluding tert-OH is 1. The van der Waals surface area contributed by atoms with Crippen LogP contribution in [0.2, 0.25) is 0 Å². The van der Waals surface area contributed by atoms with E-state index in [2.05, 4.69) is 11.3 Å². The summed E-state index contributed by atoms with van der Waals surface area (Å²) in [6, 6.07) is -1.29. The van der Waals surface area contributed by atoms with Crippen LogP contribution in [-0.4, -0.2) is 47.3 Å². The van der Waals surface area contributed by atoms with E-state index < -0.39 is 36.9 Å². The average Bonchev–Trinajstić information content (AvgIpc) is 2.23. The standard InChI is InChI=1S/C9H13NO6/c1-2-3-16-9(15)10-6(4-8(13)14)7(12)5-11/h2,6,11H,1,3-5H2,(H,10,15)(H,13,14). The van der Waals surface area contributed by atoms with Crippen LogP contribution in [0.4, 0.5) is 4.79 Å². The molecular formula is C9H13NO6. The van der Waals surface area contributed by atoms with Gasteiger partial charge in [0.2, 0.25) is 0 Å². The molecule has 0 radical (unpaired) electrons. The van der Waals surface area contributed by atoms with Crippen molar-refractivity contribution in [1.82, 2.24) is 5.32 Å². The second kappa shape index (κ2) is 7.41. The lowest BCUT2D eigenvalue weighted by Crippen LogP contribution is -2.43. The van der Waals surface area contributed by atoms with Crippen LogP contribution >= 0.6 is 0 Å². The number of alkyl carbamates (subject to hydrolysis) is 1. The molecule has 1 atom stereocenters. The van der Waals surface area contributed by atoms with Crippen LogP contribution in [0.15, 0.2) is 12.7 Å². The summed E-state index contributed by atoms with van der Waals surface area (Å²) in [6.45, 7) is 2.40. The summed E-state index contributed by atoms with van der Waals surface area (Å²) in [5.41, 5.74) is 0. The Morgan fingerprint density at radius 1 is 1.44 bits per heavy atom. The number of carbonyl (C=O) groups excluding carboxylic acids is 2.